The van der Waals surface area contributed by atoms with E-state index in [1.807, 2.05) is 5.32 Å². The molecule has 0 heterocycles. The molecule has 0 aromatic heterocycles. The molecule has 1 rings (SSSR count). The second-order valence-corrected chi connectivity index (χ2v) is 7.30. The number of carbonyl (C=O) groups is 2. The van der Waals surface area contributed by atoms with Gasteiger partial charge in [0.1, 0.15) is 12.6 Å². The summed E-state index contributed by atoms with van der Waals surface area (Å²) >= 11 is 5.81. The van der Waals surface area contributed by atoms with Crippen molar-refractivity contribution in [3.63, 3.8) is 0 Å². The Kier molecular flexibility index (Phi) is 11.8. The normalized spacial score (nSPS) is 12.9. The van der Waals surface area contributed by atoms with Crippen molar-refractivity contribution in [3.8, 4) is 0 Å². The molecule has 0 fully saturated rings. The molecule has 158 valence electrons. The Balaban J connectivity index is 0.00000729. The zero-order chi connectivity index (χ0) is 20.4. The number of ether oxygens (including phenoxy) is 2. The highest BCUT2D eigenvalue weighted by molar-refractivity contribution is 8.23. The maximum absolute atomic E-state index is 13.4. The molecule has 0 aliphatic heterocycles. The highest BCUT2D eigenvalue weighted by Crippen LogP contribution is 2.29. The van der Waals surface area contributed by atoms with Crippen LogP contribution in [0, 0.1) is 0 Å². The topological polar surface area (TPSA) is 64.6 Å². The number of rotatable bonds is 8. The van der Waals surface area contributed by atoms with Crippen molar-refractivity contribution in [1.82, 2.24) is 5.32 Å². The van der Waals surface area contributed by atoms with Crippen LogP contribution in [0.3, 0.4) is 0 Å². The Morgan fingerprint density at radius 1 is 1.21 bits per heavy atom. The quantitative estimate of drug-likeness (QED) is 0.480. The fourth-order valence-electron chi connectivity index (χ4n) is 2.02. The van der Waals surface area contributed by atoms with Crippen molar-refractivity contribution in [3.05, 3.63) is 35.9 Å². The van der Waals surface area contributed by atoms with Gasteiger partial charge < -0.3 is 14.8 Å². The van der Waals surface area contributed by atoms with E-state index in [9.17, 15) is 22.8 Å². The lowest BCUT2D eigenvalue weighted by atomic mass is 10.1. The average molecular weight is 440 g/mol. The van der Waals surface area contributed by atoms with Crippen LogP contribution < -0.4 is 5.32 Å². The van der Waals surface area contributed by atoms with E-state index in [0.717, 1.165) is 18.7 Å². The van der Waals surface area contributed by atoms with E-state index in [2.05, 4.69) is 0 Å². The van der Waals surface area contributed by atoms with Crippen molar-refractivity contribution >= 4 is 40.2 Å². The van der Waals surface area contributed by atoms with E-state index in [1.165, 1.54) is 12.1 Å². The molecule has 0 spiro atoms. The summed E-state index contributed by atoms with van der Waals surface area (Å²) in [5.41, 5.74) is 0.112. The fraction of sp³-hybridized carbons (Fsp3) is 0.500. The monoisotopic (exact) mass is 439 g/mol. The molecule has 28 heavy (non-hydrogen) atoms. The number of carbonyl (C=O) groups excluding carboxylic acids is 2. The summed E-state index contributed by atoms with van der Waals surface area (Å²) in [4.78, 5) is 23.1. The lowest BCUT2D eigenvalue weighted by Crippen LogP contribution is -2.47. The van der Waals surface area contributed by atoms with Gasteiger partial charge in [-0.2, -0.15) is 13.2 Å². The first kappa shape index (κ1) is 26.2. The Bertz CT molecular complexity index is 641. The number of halogens is 3. The summed E-state index contributed by atoms with van der Waals surface area (Å²) in [6.45, 7) is 2.81. The molecule has 0 radical (unpaired) electrons. The second-order valence-electron chi connectivity index (χ2n) is 5.39. The van der Waals surface area contributed by atoms with Crippen LogP contribution in [0.25, 0.3) is 0 Å². The Morgan fingerprint density at radius 2 is 1.82 bits per heavy atom. The first-order chi connectivity index (χ1) is 12.6. The van der Waals surface area contributed by atoms with Gasteiger partial charge in [-0.25, -0.2) is 0 Å². The van der Waals surface area contributed by atoms with Crippen molar-refractivity contribution in [2.24, 2.45) is 0 Å². The van der Waals surface area contributed by atoms with Crippen molar-refractivity contribution < 1.29 is 32.2 Å². The second kappa shape index (κ2) is 12.6. The standard InChI is InChI=1S/C17H20F3NO4S2.CH4/c1-3-24-16(26)27-13(10-25-11(2)22)9-14(17(18,19)20)21-15(23)12-7-5-4-6-8-12;/h4-8,13-14H,3,9-10H2,1-2H3,(H,21,23);1H4. The minimum Gasteiger partial charge on any atom is -0.479 e. The Hall–Kier alpha value is -1.81. The van der Waals surface area contributed by atoms with Crippen molar-refractivity contribution in [2.45, 2.75) is 45.2 Å². The maximum Gasteiger partial charge on any atom is 0.408 e. The minimum atomic E-state index is -4.69. The number of nitrogens with one attached hydrogen (secondary N) is 1. The van der Waals surface area contributed by atoms with Crippen LogP contribution in [-0.2, 0) is 14.3 Å². The molecule has 0 saturated carbocycles. The summed E-state index contributed by atoms with van der Waals surface area (Å²) in [6, 6.07) is 5.45. The molecular formula is C18H24F3NO4S2. The zero-order valence-corrected chi connectivity index (χ0v) is 16.4. The number of hydrogen-bond acceptors (Lipinski definition) is 6. The molecule has 0 aliphatic rings. The maximum atomic E-state index is 13.4. The van der Waals surface area contributed by atoms with Gasteiger partial charge in [0.05, 0.1) is 6.61 Å². The van der Waals surface area contributed by atoms with Crippen LogP contribution in [0.15, 0.2) is 30.3 Å². The van der Waals surface area contributed by atoms with Crippen LogP contribution in [0.1, 0.15) is 38.1 Å². The molecule has 1 aromatic carbocycles. The van der Waals surface area contributed by atoms with Gasteiger partial charge in [-0.05, 0) is 37.7 Å². The SMILES string of the molecule is C.CCOC(=S)SC(COC(C)=O)CC(NC(=O)c1ccccc1)C(F)(F)F. The molecule has 1 aromatic rings. The van der Waals surface area contributed by atoms with Crippen LogP contribution in [0.4, 0.5) is 13.2 Å². The number of benzene rings is 1. The van der Waals surface area contributed by atoms with E-state index in [4.69, 9.17) is 21.7 Å². The molecule has 10 heteroatoms. The largest absolute Gasteiger partial charge is 0.479 e. The number of esters is 1. The third kappa shape index (κ3) is 9.93. The third-order valence-electron chi connectivity index (χ3n) is 3.23. The molecule has 5 nitrogen and oxygen atoms in total. The molecule has 2 atom stereocenters. The lowest BCUT2D eigenvalue weighted by molar-refractivity contribution is -0.155. The van der Waals surface area contributed by atoms with Gasteiger partial charge >= 0.3 is 12.1 Å². The predicted octanol–water partition coefficient (Wildman–Crippen LogP) is 4.36. The molecule has 2 unspecified atom stereocenters. The Morgan fingerprint density at radius 3 is 2.32 bits per heavy atom. The summed E-state index contributed by atoms with van der Waals surface area (Å²) in [5.74, 6) is -1.47. The minimum absolute atomic E-state index is 0. The molecule has 0 bridgehead atoms. The summed E-state index contributed by atoms with van der Waals surface area (Å²) in [6.07, 6.45) is -5.22. The summed E-state index contributed by atoms with van der Waals surface area (Å²) in [5, 5.41) is 1.16. The third-order valence-corrected chi connectivity index (χ3v) is 4.61. The zero-order valence-electron chi connectivity index (χ0n) is 14.7. The van der Waals surface area contributed by atoms with E-state index >= 15 is 0 Å². The van der Waals surface area contributed by atoms with E-state index in [-0.39, 0.29) is 30.6 Å². The van der Waals surface area contributed by atoms with E-state index in [0.29, 0.717) is 0 Å². The number of thiocarbonyl (C=S) groups is 1. The van der Waals surface area contributed by atoms with Gasteiger partial charge in [-0.15, -0.1) is 0 Å². The molecule has 0 aliphatic carbocycles. The molecule has 1 N–H and O–H groups in total. The Labute approximate surface area is 172 Å². The van der Waals surface area contributed by atoms with Crippen LogP contribution in [0.5, 0.6) is 0 Å². The van der Waals surface area contributed by atoms with Crippen LogP contribution >= 0.6 is 24.0 Å². The fourth-order valence-corrected chi connectivity index (χ4v) is 3.43. The van der Waals surface area contributed by atoms with Gasteiger partial charge in [-0.3, -0.25) is 9.59 Å². The van der Waals surface area contributed by atoms with Crippen LogP contribution in [-0.4, -0.2) is 46.9 Å². The van der Waals surface area contributed by atoms with Crippen LogP contribution in [0.2, 0.25) is 0 Å². The van der Waals surface area contributed by atoms with Gasteiger partial charge in [0.15, 0.2) is 0 Å². The van der Waals surface area contributed by atoms with Crippen molar-refractivity contribution in [2.75, 3.05) is 13.2 Å². The molecule has 1 amide bonds. The lowest BCUT2D eigenvalue weighted by Gasteiger charge is -2.26. The first-order valence-electron chi connectivity index (χ1n) is 8.02. The van der Waals surface area contributed by atoms with E-state index in [1.54, 1.807) is 25.1 Å². The molecule has 0 saturated heterocycles. The van der Waals surface area contributed by atoms with Gasteiger partial charge in [-0.1, -0.05) is 37.4 Å². The number of hydrogen-bond donors (Lipinski definition) is 1. The van der Waals surface area contributed by atoms with Crippen molar-refractivity contribution in [1.29, 1.82) is 0 Å². The smallest absolute Gasteiger partial charge is 0.408 e. The number of thioether (sulfide) groups is 1. The van der Waals surface area contributed by atoms with Gasteiger partial charge in [0.25, 0.3) is 5.91 Å². The summed E-state index contributed by atoms with van der Waals surface area (Å²) < 4.78 is 50.3. The highest BCUT2D eigenvalue weighted by Gasteiger charge is 2.42. The average Bonchev–Trinajstić information content (AvgIpc) is 2.59. The van der Waals surface area contributed by atoms with E-state index < -0.39 is 35.8 Å². The predicted molar refractivity (Wildman–Crippen MR) is 107 cm³/mol. The number of amides is 1. The highest BCUT2D eigenvalue weighted by atomic mass is 32.2. The first-order valence-corrected chi connectivity index (χ1v) is 9.31. The van der Waals surface area contributed by atoms with Gasteiger partial charge in [0.2, 0.25) is 4.38 Å². The number of alkyl halides is 3. The summed E-state index contributed by atoms with van der Waals surface area (Å²) in [7, 11) is 0. The molecular weight excluding hydrogens is 415 g/mol. The van der Waals surface area contributed by atoms with Gasteiger partial charge in [0, 0.05) is 17.7 Å².